The second-order valence-electron chi connectivity index (χ2n) is 8.15. The average Bonchev–Trinajstić information content (AvgIpc) is 2.82. The van der Waals surface area contributed by atoms with Gasteiger partial charge in [-0.2, -0.15) is 0 Å². The van der Waals surface area contributed by atoms with Crippen LogP contribution in [0.3, 0.4) is 0 Å². The van der Waals surface area contributed by atoms with E-state index in [-0.39, 0.29) is 0 Å². The molecule has 31 heavy (non-hydrogen) atoms. The maximum absolute atomic E-state index is 4.78. The summed E-state index contributed by atoms with van der Waals surface area (Å²) in [6, 6.07) is 14.5. The van der Waals surface area contributed by atoms with Crippen LogP contribution < -0.4 is 5.32 Å². The first kappa shape index (κ1) is 21.4. The summed E-state index contributed by atoms with van der Waals surface area (Å²) >= 11 is 0. The molecule has 1 fully saturated rings. The van der Waals surface area contributed by atoms with E-state index in [4.69, 9.17) is 4.98 Å². The van der Waals surface area contributed by atoms with Gasteiger partial charge in [0.05, 0.1) is 0 Å². The number of benzene rings is 1. The van der Waals surface area contributed by atoms with Gasteiger partial charge < -0.3 is 10.2 Å². The van der Waals surface area contributed by atoms with E-state index in [1.54, 1.807) is 6.20 Å². The van der Waals surface area contributed by atoms with Crippen molar-refractivity contribution in [3.63, 3.8) is 0 Å². The summed E-state index contributed by atoms with van der Waals surface area (Å²) in [5.41, 5.74) is 5.54. The zero-order chi connectivity index (χ0) is 21.6. The van der Waals surface area contributed by atoms with Gasteiger partial charge in [-0.3, -0.25) is 9.88 Å². The molecule has 3 aromatic rings. The summed E-state index contributed by atoms with van der Waals surface area (Å²) in [5, 5.41) is 3.57. The molecule has 2 aromatic heterocycles. The van der Waals surface area contributed by atoms with E-state index in [1.165, 1.54) is 11.1 Å². The molecule has 0 saturated carbocycles. The van der Waals surface area contributed by atoms with Crippen molar-refractivity contribution in [2.24, 2.45) is 0 Å². The third-order valence-corrected chi connectivity index (χ3v) is 6.15. The number of likely N-dealkylation sites (N-methyl/N-ethyl adjacent to an activating group) is 1. The Morgan fingerprint density at radius 2 is 1.58 bits per heavy atom. The fraction of sp³-hybridized carbons (Fsp3) is 0.400. The van der Waals surface area contributed by atoms with E-state index in [2.05, 4.69) is 63.2 Å². The number of rotatable bonds is 7. The monoisotopic (exact) mass is 416 g/mol. The minimum Gasteiger partial charge on any atom is -0.366 e. The first-order chi connectivity index (χ1) is 15.1. The molecule has 3 heterocycles. The summed E-state index contributed by atoms with van der Waals surface area (Å²) in [6.45, 7) is 13.8. The molecule has 1 aromatic carbocycles. The van der Waals surface area contributed by atoms with Crippen LogP contribution in [0.1, 0.15) is 29.3 Å². The molecule has 0 bridgehead atoms. The predicted octanol–water partition coefficient (Wildman–Crippen LogP) is 3.91. The molecule has 1 aliphatic heterocycles. The van der Waals surface area contributed by atoms with Gasteiger partial charge >= 0.3 is 0 Å². The molecule has 0 amide bonds. The lowest BCUT2D eigenvalue weighted by Crippen LogP contribution is -2.45. The van der Waals surface area contributed by atoms with Gasteiger partial charge in [0.15, 0.2) is 5.82 Å². The Morgan fingerprint density at radius 1 is 0.871 bits per heavy atom. The molecule has 6 heteroatoms. The van der Waals surface area contributed by atoms with Crippen LogP contribution in [0.5, 0.6) is 0 Å². The van der Waals surface area contributed by atoms with E-state index in [9.17, 15) is 0 Å². The normalized spacial score (nSPS) is 15.2. The van der Waals surface area contributed by atoms with Crippen molar-refractivity contribution in [2.45, 2.75) is 33.9 Å². The molecule has 4 rings (SSSR count). The fourth-order valence-corrected chi connectivity index (χ4v) is 3.98. The number of nitrogens with one attached hydrogen (secondary N) is 1. The number of pyridine rings is 1. The van der Waals surface area contributed by atoms with E-state index in [0.29, 0.717) is 5.82 Å². The summed E-state index contributed by atoms with van der Waals surface area (Å²) in [4.78, 5) is 18.9. The van der Waals surface area contributed by atoms with Crippen molar-refractivity contribution in [3.8, 4) is 11.5 Å². The zero-order valence-corrected chi connectivity index (χ0v) is 18.8. The molecule has 1 saturated heterocycles. The number of nitrogens with zero attached hydrogens (tertiary/aromatic N) is 5. The van der Waals surface area contributed by atoms with Crippen LogP contribution in [-0.4, -0.2) is 57.5 Å². The van der Waals surface area contributed by atoms with Crippen molar-refractivity contribution in [2.75, 3.05) is 38.0 Å². The summed E-state index contributed by atoms with van der Waals surface area (Å²) in [6.07, 6.45) is 1.78. The maximum atomic E-state index is 4.78. The highest BCUT2D eigenvalue weighted by molar-refractivity contribution is 5.56. The molecule has 1 aliphatic rings. The largest absolute Gasteiger partial charge is 0.366 e. The lowest BCUT2D eigenvalue weighted by atomic mass is 10.1. The molecule has 1 N–H and O–H groups in total. The molecule has 162 valence electrons. The third kappa shape index (κ3) is 5.27. The molecule has 0 radical (unpaired) electrons. The number of anilines is 1. The summed E-state index contributed by atoms with van der Waals surface area (Å²) < 4.78 is 0. The van der Waals surface area contributed by atoms with Crippen molar-refractivity contribution in [1.29, 1.82) is 0 Å². The predicted molar refractivity (Wildman–Crippen MR) is 126 cm³/mol. The minimum absolute atomic E-state index is 0.660. The lowest BCUT2D eigenvalue weighted by Gasteiger charge is -2.34. The van der Waals surface area contributed by atoms with Gasteiger partial charge in [-0.05, 0) is 43.7 Å². The Morgan fingerprint density at radius 3 is 2.29 bits per heavy atom. The van der Waals surface area contributed by atoms with Crippen LogP contribution in [0.25, 0.3) is 11.5 Å². The number of piperazine rings is 1. The van der Waals surface area contributed by atoms with Gasteiger partial charge in [-0.1, -0.05) is 37.3 Å². The SMILES string of the molecule is CCN1CCN(Cc2ccccc2CNc2nc(-c3ccccn3)nc(C)c2C)CC1. The van der Waals surface area contributed by atoms with Crippen molar-refractivity contribution in [1.82, 2.24) is 24.8 Å². The highest BCUT2D eigenvalue weighted by Crippen LogP contribution is 2.22. The third-order valence-electron chi connectivity index (χ3n) is 6.15. The van der Waals surface area contributed by atoms with E-state index in [0.717, 1.165) is 68.6 Å². The highest BCUT2D eigenvalue weighted by Gasteiger charge is 2.17. The van der Waals surface area contributed by atoms with Crippen molar-refractivity contribution < 1.29 is 0 Å². The van der Waals surface area contributed by atoms with Crippen LogP contribution in [0, 0.1) is 13.8 Å². The smallest absolute Gasteiger partial charge is 0.180 e. The van der Waals surface area contributed by atoms with Gasteiger partial charge in [0.1, 0.15) is 11.5 Å². The molecule has 0 atom stereocenters. The van der Waals surface area contributed by atoms with Gasteiger partial charge in [0.2, 0.25) is 0 Å². The van der Waals surface area contributed by atoms with Gasteiger partial charge in [-0.25, -0.2) is 9.97 Å². The van der Waals surface area contributed by atoms with E-state index >= 15 is 0 Å². The van der Waals surface area contributed by atoms with Gasteiger partial charge in [0.25, 0.3) is 0 Å². The molecular formula is C25H32N6. The summed E-state index contributed by atoms with van der Waals surface area (Å²) in [5.74, 6) is 1.53. The Bertz CT molecular complexity index is 996. The van der Waals surface area contributed by atoms with E-state index < -0.39 is 0 Å². The number of hydrogen-bond donors (Lipinski definition) is 1. The number of aryl methyl sites for hydroxylation is 1. The average molecular weight is 417 g/mol. The second kappa shape index (κ2) is 9.98. The van der Waals surface area contributed by atoms with Crippen molar-refractivity contribution >= 4 is 5.82 Å². The second-order valence-corrected chi connectivity index (χ2v) is 8.15. The van der Waals surface area contributed by atoms with Crippen molar-refractivity contribution in [3.05, 3.63) is 71.0 Å². The van der Waals surface area contributed by atoms with Crippen LogP contribution >= 0.6 is 0 Å². The minimum atomic E-state index is 0.660. The number of hydrogen-bond acceptors (Lipinski definition) is 6. The number of aromatic nitrogens is 3. The van der Waals surface area contributed by atoms with Gasteiger partial charge in [0, 0.05) is 56.7 Å². The standard InChI is InChI=1S/C25H32N6/c1-4-30-13-15-31(16-14-30)18-22-10-6-5-9-21(22)17-27-24-19(2)20(3)28-25(29-24)23-11-7-8-12-26-23/h5-12H,4,13-18H2,1-3H3,(H,27,28,29). The van der Waals surface area contributed by atoms with Crippen LogP contribution in [-0.2, 0) is 13.1 Å². The molecule has 6 nitrogen and oxygen atoms in total. The Kier molecular flexibility index (Phi) is 6.89. The Labute approximate surface area is 185 Å². The maximum Gasteiger partial charge on any atom is 0.180 e. The summed E-state index contributed by atoms with van der Waals surface area (Å²) in [7, 11) is 0. The molecule has 0 unspecified atom stereocenters. The van der Waals surface area contributed by atoms with Crippen LogP contribution in [0.4, 0.5) is 5.82 Å². The first-order valence-electron chi connectivity index (χ1n) is 11.2. The molecular weight excluding hydrogens is 384 g/mol. The molecule has 0 aliphatic carbocycles. The molecule has 0 spiro atoms. The van der Waals surface area contributed by atoms with Gasteiger partial charge in [-0.15, -0.1) is 0 Å². The quantitative estimate of drug-likeness (QED) is 0.630. The topological polar surface area (TPSA) is 57.2 Å². The highest BCUT2D eigenvalue weighted by atomic mass is 15.3. The van der Waals surface area contributed by atoms with E-state index in [1.807, 2.05) is 25.1 Å². The first-order valence-corrected chi connectivity index (χ1v) is 11.2. The Balaban J connectivity index is 1.48. The van der Waals surface area contributed by atoms with Crippen LogP contribution in [0.15, 0.2) is 48.7 Å². The lowest BCUT2D eigenvalue weighted by molar-refractivity contribution is 0.131. The zero-order valence-electron chi connectivity index (χ0n) is 18.8. The van der Waals surface area contributed by atoms with Crippen LogP contribution in [0.2, 0.25) is 0 Å². The Hall–Kier alpha value is -2.83. The fourth-order valence-electron chi connectivity index (χ4n) is 3.98.